The lowest BCUT2D eigenvalue weighted by molar-refractivity contribution is -0.139. The molecule has 2 unspecified atom stereocenters. The Labute approximate surface area is 126 Å². The topological polar surface area (TPSA) is 79.5 Å². The highest BCUT2D eigenvalue weighted by molar-refractivity contribution is 5.94. The molecule has 5 nitrogen and oxygen atoms in total. The van der Waals surface area contributed by atoms with E-state index < -0.39 is 29.7 Å². The van der Waals surface area contributed by atoms with Crippen LogP contribution in [0.1, 0.15) is 35.4 Å². The van der Waals surface area contributed by atoms with Gasteiger partial charge in [-0.3, -0.25) is 4.79 Å². The molecule has 0 spiro atoms. The predicted molar refractivity (Wildman–Crippen MR) is 77.0 cm³/mol. The first-order chi connectivity index (χ1) is 10.5. The summed E-state index contributed by atoms with van der Waals surface area (Å²) in [5.41, 5.74) is 0.523. The number of amides is 1. The number of carbonyl (C=O) groups excluding carboxylic acids is 1. The van der Waals surface area contributed by atoms with E-state index in [0.29, 0.717) is 12.0 Å². The zero-order valence-electron chi connectivity index (χ0n) is 12.0. The summed E-state index contributed by atoms with van der Waals surface area (Å²) in [4.78, 5) is 23.5. The smallest absolute Gasteiger partial charge is 0.326 e. The first-order valence-corrected chi connectivity index (χ1v) is 6.85. The molecule has 2 rings (SSSR count). The molecule has 1 heterocycles. The molecule has 1 aromatic carbocycles. The van der Waals surface area contributed by atoms with E-state index in [1.807, 2.05) is 0 Å². The van der Waals surface area contributed by atoms with Gasteiger partial charge in [0.2, 0.25) is 0 Å². The molecule has 116 valence electrons. The molecule has 1 aromatic heterocycles. The fourth-order valence-electron chi connectivity index (χ4n) is 2.36. The second kappa shape index (κ2) is 6.89. The molecule has 0 aliphatic heterocycles. The number of rotatable bonds is 6. The predicted octanol–water partition coefficient (Wildman–Crippen LogP) is 2.80. The zero-order chi connectivity index (χ0) is 16.1. The Morgan fingerprint density at radius 1 is 1.32 bits per heavy atom. The second-order valence-corrected chi connectivity index (χ2v) is 4.84. The van der Waals surface area contributed by atoms with E-state index in [4.69, 9.17) is 4.42 Å². The Balaban J connectivity index is 2.25. The Morgan fingerprint density at radius 2 is 2.09 bits per heavy atom. The first kappa shape index (κ1) is 15.8. The fraction of sp³-hybridized carbons (Fsp3) is 0.250. The van der Waals surface area contributed by atoms with Crippen molar-refractivity contribution in [3.63, 3.8) is 0 Å². The van der Waals surface area contributed by atoms with E-state index in [1.165, 1.54) is 36.6 Å². The lowest BCUT2D eigenvalue weighted by Crippen LogP contribution is -2.44. The van der Waals surface area contributed by atoms with Crippen LogP contribution in [0, 0.1) is 5.82 Å². The summed E-state index contributed by atoms with van der Waals surface area (Å²) in [6, 6.07) is 7.53. The van der Waals surface area contributed by atoms with Gasteiger partial charge in [-0.05, 0) is 36.2 Å². The van der Waals surface area contributed by atoms with Gasteiger partial charge in [-0.25, -0.2) is 9.18 Å². The fourth-order valence-corrected chi connectivity index (χ4v) is 2.36. The van der Waals surface area contributed by atoms with Crippen molar-refractivity contribution in [2.75, 3.05) is 0 Å². The number of furan rings is 1. The maximum absolute atomic E-state index is 13.4. The van der Waals surface area contributed by atoms with Crippen LogP contribution in [0.2, 0.25) is 0 Å². The van der Waals surface area contributed by atoms with E-state index in [2.05, 4.69) is 5.32 Å². The Bertz CT molecular complexity index is 654. The van der Waals surface area contributed by atoms with Gasteiger partial charge in [0.1, 0.15) is 11.9 Å². The van der Waals surface area contributed by atoms with Crippen LogP contribution in [-0.2, 0) is 4.79 Å². The summed E-state index contributed by atoms with van der Waals surface area (Å²) < 4.78 is 18.3. The number of hydrogen-bond donors (Lipinski definition) is 2. The van der Waals surface area contributed by atoms with Crippen molar-refractivity contribution >= 4 is 11.9 Å². The summed E-state index contributed by atoms with van der Waals surface area (Å²) in [6.45, 7) is 1.78. The molecule has 0 radical (unpaired) electrons. The molecule has 1 amide bonds. The summed E-state index contributed by atoms with van der Waals surface area (Å²) in [7, 11) is 0. The standard InChI is InChI=1S/C16H16FNO4/c1-2-12(10-5-3-6-11(17)9-10)14(16(20)21)18-15(19)13-7-4-8-22-13/h3-9,12,14H,2H2,1H3,(H,18,19)(H,20,21). The van der Waals surface area contributed by atoms with Crippen LogP contribution < -0.4 is 5.32 Å². The summed E-state index contributed by atoms with van der Waals surface area (Å²) in [5.74, 6) is -2.77. The average molecular weight is 305 g/mol. The van der Waals surface area contributed by atoms with Crippen LogP contribution in [0.4, 0.5) is 4.39 Å². The van der Waals surface area contributed by atoms with Gasteiger partial charge < -0.3 is 14.8 Å². The molecule has 0 aliphatic rings. The monoisotopic (exact) mass is 305 g/mol. The van der Waals surface area contributed by atoms with Crippen molar-refractivity contribution in [2.24, 2.45) is 0 Å². The number of carbonyl (C=O) groups is 2. The summed E-state index contributed by atoms with van der Waals surface area (Å²) in [5, 5.41) is 11.8. The van der Waals surface area contributed by atoms with Crippen molar-refractivity contribution in [2.45, 2.75) is 25.3 Å². The highest BCUT2D eigenvalue weighted by Crippen LogP contribution is 2.24. The number of benzene rings is 1. The number of hydrogen-bond acceptors (Lipinski definition) is 3. The molecule has 0 aliphatic carbocycles. The van der Waals surface area contributed by atoms with Gasteiger partial charge >= 0.3 is 5.97 Å². The molecule has 0 saturated heterocycles. The van der Waals surface area contributed by atoms with Crippen LogP contribution in [-0.4, -0.2) is 23.0 Å². The van der Waals surface area contributed by atoms with Crippen molar-refractivity contribution < 1.29 is 23.5 Å². The Hall–Kier alpha value is -2.63. The molecular formula is C16H16FNO4. The third kappa shape index (κ3) is 3.52. The number of carboxylic acid groups (broad SMARTS) is 1. The van der Waals surface area contributed by atoms with Crippen molar-refractivity contribution in [3.8, 4) is 0 Å². The third-order valence-corrected chi connectivity index (χ3v) is 3.42. The molecular weight excluding hydrogens is 289 g/mol. The van der Waals surface area contributed by atoms with E-state index >= 15 is 0 Å². The van der Waals surface area contributed by atoms with Gasteiger partial charge in [0.25, 0.3) is 5.91 Å². The molecule has 0 saturated carbocycles. The normalized spacial score (nSPS) is 13.4. The van der Waals surface area contributed by atoms with Crippen LogP contribution in [0.3, 0.4) is 0 Å². The molecule has 0 fully saturated rings. The quantitative estimate of drug-likeness (QED) is 0.860. The van der Waals surface area contributed by atoms with Gasteiger partial charge in [0.05, 0.1) is 6.26 Å². The lowest BCUT2D eigenvalue weighted by atomic mass is 9.89. The van der Waals surface area contributed by atoms with Gasteiger partial charge in [0, 0.05) is 5.92 Å². The van der Waals surface area contributed by atoms with E-state index in [-0.39, 0.29) is 5.76 Å². The summed E-state index contributed by atoms with van der Waals surface area (Å²) >= 11 is 0. The van der Waals surface area contributed by atoms with Crippen molar-refractivity contribution in [1.82, 2.24) is 5.32 Å². The Morgan fingerprint density at radius 3 is 2.64 bits per heavy atom. The minimum Gasteiger partial charge on any atom is -0.480 e. The van der Waals surface area contributed by atoms with E-state index in [0.717, 1.165) is 0 Å². The Kier molecular flexibility index (Phi) is 4.93. The highest BCUT2D eigenvalue weighted by atomic mass is 19.1. The maximum Gasteiger partial charge on any atom is 0.326 e. The molecule has 2 N–H and O–H groups in total. The number of halogens is 1. The minimum absolute atomic E-state index is 0.0281. The maximum atomic E-state index is 13.4. The van der Waals surface area contributed by atoms with E-state index in [9.17, 15) is 19.1 Å². The van der Waals surface area contributed by atoms with E-state index in [1.54, 1.807) is 13.0 Å². The van der Waals surface area contributed by atoms with Crippen molar-refractivity contribution in [3.05, 3.63) is 59.8 Å². The molecule has 6 heteroatoms. The third-order valence-electron chi connectivity index (χ3n) is 3.42. The second-order valence-electron chi connectivity index (χ2n) is 4.84. The largest absolute Gasteiger partial charge is 0.480 e. The molecule has 2 aromatic rings. The zero-order valence-corrected chi connectivity index (χ0v) is 12.0. The van der Waals surface area contributed by atoms with Crippen LogP contribution >= 0.6 is 0 Å². The van der Waals surface area contributed by atoms with Crippen molar-refractivity contribution in [1.29, 1.82) is 0 Å². The first-order valence-electron chi connectivity index (χ1n) is 6.85. The van der Waals surface area contributed by atoms with Gasteiger partial charge in [-0.15, -0.1) is 0 Å². The van der Waals surface area contributed by atoms with Gasteiger partial charge in [0.15, 0.2) is 5.76 Å². The van der Waals surface area contributed by atoms with Gasteiger partial charge in [-0.2, -0.15) is 0 Å². The van der Waals surface area contributed by atoms with Crippen LogP contribution in [0.5, 0.6) is 0 Å². The lowest BCUT2D eigenvalue weighted by Gasteiger charge is -2.24. The summed E-state index contributed by atoms with van der Waals surface area (Å²) in [6.07, 6.45) is 1.76. The van der Waals surface area contributed by atoms with Crippen LogP contribution in [0.15, 0.2) is 47.1 Å². The number of nitrogens with one attached hydrogen (secondary N) is 1. The minimum atomic E-state index is -1.18. The number of carboxylic acids is 1. The number of aliphatic carboxylic acids is 1. The highest BCUT2D eigenvalue weighted by Gasteiger charge is 2.30. The molecule has 22 heavy (non-hydrogen) atoms. The van der Waals surface area contributed by atoms with Crippen LogP contribution in [0.25, 0.3) is 0 Å². The molecule has 2 atom stereocenters. The van der Waals surface area contributed by atoms with Gasteiger partial charge in [-0.1, -0.05) is 19.1 Å². The SMILES string of the molecule is CCC(c1cccc(F)c1)C(NC(=O)c1ccco1)C(=O)O. The average Bonchev–Trinajstić information content (AvgIpc) is 3.01. The molecule has 0 bridgehead atoms.